The molecule has 3 aromatic carbocycles. The molecule has 148 valence electrons. The Kier molecular flexibility index (Phi) is 4.25. The van der Waals surface area contributed by atoms with Crippen molar-refractivity contribution in [3.05, 3.63) is 78.1 Å². The largest absolute Gasteiger partial charge is 0.497 e. The maximum absolute atomic E-state index is 12.7. The van der Waals surface area contributed by atoms with E-state index in [4.69, 9.17) is 13.6 Å². The van der Waals surface area contributed by atoms with Crippen LogP contribution in [0.5, 0.6) is 5.75 Å². The molecule has 0 saturated heterocycles. The van der Waals surface area contributed by atoms with E-state index < -0.39 is 0 Å². The Labute approximate surface area is 172 Å². The number of rotatable bonds is 4. The molecule has 0 aliphatic rings. The molecule has 1 N–H and O–H groups in total. The highest BCUT2D eigenvalue weighted by molar-refractivity contribution is 6.05. The Morgan fingerprint density at radius 2 is 1.83 bits per heavy atom. The minimum atomic E-state index is -0.311. The molecule has 5 rings (SSSR count). The number of carbonyl (C=O) groups excluding carboxylic acids is 1. The lowest BCUT2D eigenvalue weighted by molar-refractivity contribution is 0.0998. The van der Waals surface area contributed by atoms with Gasteiger partial charge in [0.15, 0.2) is 11.3 Å². The first-order chi connectivity index (χ1) is 14.6. The van der Waals surface area contributed by atoms with Gasteiger partial charge in [0.25, 0.3) is 5.91 Å². The molecule has 30 heavy (non-hydrogen) atoms. The van der Waals surface area contributed by atoms with E-state index >= 15 is 0 Å². The summed E-state index contributed by atoms with van der Waals surface area (Å²) in [6.45, 7) is 1.93. The third-order valence-corrected chi connectivity index (χ3v) is 4.98. The van der Waals surface area contributed by atoms with Crippen LogP contribution in [0.25, 0.3) is 33.5 Å². The van der Waals surface area contributed by atoms with Crippen molar-refractivity contribution in [1.82, 2.24) is 4.98 Å². The monoisotopic (exact) mass is 398 g/mol. The van der Waals surface area contributed by atoms with Crippen molar-refractivity contribution in [2.24, 2.45) is 0 Å². The lowest BCUT2D eigenvalue weighted by Gasteiger charge is -2.08. The SMILES string of the molecule is COc1ccc2oc(-c3ccc(C)c(NC(=O)c4cc5ccccc5o4)c3)nc2c1. The fourth-order valence-corrected chi connectivity index (χ4v) is 3.33. The topological polar surface area (TPSA) is 77.5 Å². The van der Waals surface area contributed by atoms with Crippen LogP contribution in [-0.2, 0) is 0 Å². The molecular weight excluding hydrogens is 380 g/mol. The molecule has 0 saturated carbocycles. The summed E-state index contributed by atoms with van der Waals surface area (Å²) < 4.78 is 16.8. The summed E-state index contributed by atoms with van der Waals surface area (Å²) in [5.74, 6) is 1.13. The van der Waals surface area contributed by atoms with E-state index in [1.807, 2.05) is 67.6 Å². The second-order valence-electron chi connectivity index (χ2n) is 6.98. The Morgan fingerprint density at radius 1 is 0.967 bits per heavy atom. The molecular formula is C24H18N2O4. The Morgan fingerprint density at radius 3 is 2.67 bits per heavy atom. The number of aromatic nitrogens is 1. The van der Waals surface area contributed by atoms with Gasteiger partial charge in [0, 0.05) is 22.7 Å². The maximum atomic E-state index is 12.7. The van der Waals surface area contributed by atoms with Gasteiger partial charge in [0.05, 0.1) is 7.11 Å². The summed E-state index contributed by atoms with van der Waals surface area (Å²) in [6, 6.07) is 20.4. The summed E-state index contributed by atoms with van der Waals surface area (Å²) in [4.78, 5) is 17.3. The van der Waals surface area contributed by atoms with Gasteiger partial charge in [-0.2, -0.15) is 0 Å². The molecule has 1 amide bonds. The van der Waals surface area contributed by atoms with Crippen LogP contribution in [0, 0.1) is 6.92 Å². The molecule has 2 aromatic heterocycles. The van der Waals surface area contributed by atoms with Gasteiger partial charge >= 0.3 is 0 Å². The number of anilines is 1. The van der Waals surface area contributed by atoms with E-state index in [0.717, 1.165) is 16.5 Å². The van der Waals surface area contributed by atoms with Crippen molar-refractivity contribution < 1.29 is 18.4 Å². The number of carbonyl (C=O) groups is 1. The number of hydrogen-bond donors (Lipinski definition) is 1. The van der Waals surface area contributed by atoms with Gasteiger partial charge in [0.2, 0.25) is 5.89 Å². The molecule has 6 nitrogen and oxygen atoms in total. The zero-order valence-electron chi connectivity index (χ0n) is 16.4. The number of para-hydroxylation sites is 1. The molecule has 0 aliphatic carbocycles. The fourth-order valence-electron chi connectivity index (χ4n) is 3.33. The van der Waals surface area contributed by atoms with Gasteiger partial charge < -0.3 is 18.9 Å². The van der Waals surface area contributed by atoms with Gasteiger partial charge in [0.1, 0.15) is 16.8 Å². The minimum Gasteiger partial charge on any atom is -0.497 e. The number of furan rings is 1. The molecule has 0 bridgehead atoms. The van der Waals surface area contributed by atoms with Crippen LogP contribution in [0.1, 0.15) is 16.1 Å². The molecule has 0 spiro atoms. The van der Waals surface area contributed by atoms with E-state index in [1.54, 1.807) is 13.2 Å². The van der Waals surface area contributed by atoms with Crippen molar-refractivity contribution in [1.29, 1.82) is 0 Å². The number of oxazole rings is 1. The van der Waals surface area contributed by atoms with Gasteiger partial charge in [-0.1, -0.05) is 24.3 Å². The van der Waals surface area contributed by atoms with Crippen molar-refractivity contribution >= 4 is 33.7 Å². The summed E-state index contributed by atoms with van der Waals surface area (Å²) >= 11 is 0. The number of methoxy groups -OCH3 is 1. The third kappa shape index (κ3) is 3.18. The van der Waals surface area contributed by atoms with Crippen molar-refractivity contribution in [3.8, 4) is 17.2 Å². The highest BCUT2D eigenvalue weighted by Crippen LogP contribution is 2.30. The number of nitrogens with one attached hydrogen (secondary N) is 1. The van der Waals surface area contributed by atoms with Gasteiger partial charge in [-0.25, -0.2) is 4.98 Å². The standard InChI is InChI=1S/C24H18N2O4/c1-14-7-8-16(24-26-19-13-17(28-2)9-10-21(19)30-24)11-18(14)25-23(27)22-12-15-5-3-4-6-20(15)29-22/h3-13H,1-2H3,(H,25,27). The van der Waals surface area contributed by atoms with Gasteiger partial charge in [-0.05, 0) is 48.9 Å². The van der Waals surface area contributed by atoms with E-state index in [9.17, 15) is 4.79 Å². The minimum absolute atomic E-state index is 0.259. The number of ether oxygens (including phenoxy) is 1. The number of fused-ring (bicyclic) bond motifs is 2. The fraction of sp³-hybridized carbons (Fsp3) is 0.0833. The predicted octanol–water partition coefficient (Wildman–Crippen LogP) is 5.81. The Hall–Kier alpha value is -4.06. The molecule has 5 aromatic rings. The zero-order valence-corrected chi connectivity index (χ0v) is 16.4. The van der Waals surface area contributed by atoms with E-state index in [-0.39, 0.29) is 11.7 Å². The summed E-state index contributed by atoms with van der Waals surface area (Å²) in [5.41, 5.74) is 4.39. The van der Waals surface area contributed by atoms with Crippen LogP contribution in [0.4, 0.5) is 5.69 Å². The first kappa shape index (κ1) is 18.0. The lowest BCUT2D eigenvalue weighted by Crippen LogP contribution is -2.11. The normalized spacial score (nSPS) is 11.1. The molecule has 0 radical (unpaired) electrons. The number of aryl methyl sites for hydroxylation is 1. The van der Waals surface area contributed by atoms with Crippen LogP contribution in [0.2, 0.25) is 0 Å². The van der Waals surface area contributed by atoms with Gasteiger partial charge in [-0.3, -0.25) is 4.79 Å². The number of benzene rings is 3. The number of nitrogens with zero attached hydrogens (tertiary/aromatic N) is 1. The van der Waals surface area contributed by atoms with E-state index in [0.29, 0.717) is 34.0 Å². The first-order valence-electron chi connectivity index (χ1n) is 9.46. The second-order valence-corrected chi connectivity index (χ2v) is 6.98. The highest BCUT2D eigenvalue weighted by atomic mass is 16.5. The van der Waals surface area contributed by atoms with Crippen molar-refractivity contribution in [2.75, 3.05) is 12.4 Å². The molecule has 6 heteroatoms. The predicted molar refractivity (Wildman–Crippen MR) is 115 cm³/mol. The summed E-state index contributed by atoms with van der Waals surface area (Å²) in [5, 5.41) is 3.81. The van der Waals surface area contributed by atoms with Crippen LogP contribution in [0.15, 0.2) is 75.6 Å². The Balaban J connectivity index is 1.46. The molecule has 0 aliphatic heterocycles. The summed E-state index contributed by atoms with van der Waals surface area (Å²) in [7, 11) is 1.61. The van der Waals surface area contributed by atoms with Gasteiger partial charge in [-0.15, -0.1) is 0 Å². The Bertz CT molecular complexity index is 1360. The van der Waals surface area contributed by atoms with Crippen LogP contribution in [-0.4, -0.2) is 18.0 Å². The lowest BCUT2D eigenvalue weighted by atomic mass is 10.1. The average Bonchev–Trinajstić information content (AvgIpc) is 3.38. The quantitative estimate of drug-likeness (QED) is 0.413. The highest BCUT2D eigenvalue weighted by Gasteiger charge is 2.15. The second kappa shape index (κ2) is 7.08. The smallest absolute Gasteiger partial charge is 0.291 e. The van der Waals surface area contributed by atoms with E-state index in [2.05, 4.69) is 10.3 Å². The number of hydrogen-bond acceptors (Lipinski definition) is 5. The molecule has 0 unspecified atom stereocenters. The first-order valence-corrected chi connectivity index (χ1v) is 9.46. The number of amides is 1. The van der Waals surface area contributed by atoms with Crippen LogP contribution >= 0.6 is 0 Å². The summed E-state index contributed by atoms with van der Waals surface area (Å²) in [6.07, 6.45) is 0. The van der Waals surface area contributed by atoms with Crippen molar-refractivity contribution in [2.45, 2.75) is 6.92 Å². The van der Waals surface area contributed by atoms with Crippen molar-refractivity contribution in [3.63, 3.8) is 0 Å². The van der Waals surface area contributed by atoms with Crippen LogP contribution in [0.3, 0.4) is 0 Å². The zero-order chi connectivity index (χ0) is 20.7. The van der Waals surface area contributed by atoms with Crippen LogP contribution < -0.4 is 10.1 Å². The molecule has 0 atom stereocenters. The molecule has 0 fully saturated rings. The maximum Gasteiger partial charge on any atom is 0.291 e. The third-order valence-electron chi connectivity index (χ3n) is 4.98. The molecule has 2 heterocycles. The average molecular weight is 398 g/mol. The van der Waals surface area contributed by atoms with E-state index in [1.165, 1.54) is 0 Å².